The fourth-order valence-corrected chi connectivity index (χ4v) is 2.42. The molecule has 0 radical (unpaired) electrons. The van der Waals surface area contributed by atoms with Gasteiger partial charge < -0.3 is 25.4 Å². The second kappa shape index (κ2) is 10.4. The first-order valence-corrected chi connectivity index (χ1v) is 8.51. The number of aliphatic imine (C=N–C) groups is 1. The van der Waals surface area contributed by atoms with Crippen LogP contribution in [0, 0.1) is 0 Å². The van der Waals surface area contributed by atoms with Crippen molar-refractivity contribution in [3.8, 4) is 11.5 Å². The van der Waals surface area contributed by atoms with Crippen LogP contribution in [0.25, 0.3) is 0 Å². The van der Waals surface area contributed by atoms with Gasteiger partial charge in [-0.2, -0.15) is 0 Å². The molecule has 26 heavy (non-hydrogen) atoms. The average molecular weight is 476 g/mol. The number of nitrogens with one attached hydrogen (secondary N) is 3. The van der Waals surface area contributed by atoms with E-state index in [4.69, 9.17) is 9.47 Å². The standard InChI is InChI=1S/C18H28N4O3.HI/c1-18(2,3)22-16(23)12-21-17(19-4)20-8-7-13-5-6-14-15(11-13)25-10-9-24-14;/h5-6,11H,7-10,12H2,1-4H3,(H,22,23)(H2,19,20,21);1H. The topological polar surface area (TPSA) is 84.0 Å². The lowest BCUT2D eigenvalue weighted by Crippen LogP contribution is -2.48. The van der Waals surface area contributed by atoms with Gasteiger partial charge in [0.1, 0.15) is 13.2 Å². The zero-order chi connectivity index (χ0) is 18.3. The molecule has 0 aliphatic carbocycles. The van der Waals surface area contributed by atoms with Crippen LogP contribution in [0.15, 0.2) is 23.2 Å². The first kappa shape index (κ1) is 22.3. The Morgan fingerprint density at radius 2 is 1.85 bits per heavy atom. The molecule has 1 aromatic rings. The Morgan fingerprint density at radius 1 is 1.15 bits per heavy atom. The third-order valence-electron chi connectivity index (χ3n) is 3.47. The number of halogens is 1. The molecule has 1 amide bonds. The smallest absolute Gasteiger partial charge is 0.239 e. The van der Waals surface area contributed by atoms with E-state index < -0.39 is 0 Å². The van der Waals surface area contributed by atoms with Crippen molar-refractivity contribution in [3.05, 3.63) is 23.8 Å². The highest BCUT2D eigenvalue weighted by Crippen LogP contribution is 2.30. The molecule has 0 saturated heterocycles. The lowest BCUT2D eigenvalue weighted by atomic mass is 10.1. The summed E-state index contributed by atoms with van der Waals surface area (Å²) in [5, 5.41) is 9.11. The van der Waals surface area contributed by atoms with Gasteiger partial charge in [0.05, 0.1) is 6.54 Å². The third kappa shape index (κ3) is 7.67. The van der Waals surface area contributed by atoms with Gasteiger partial charge in [0.15, 0.2) is 17.5 Å². The fourth-order valence-electron chi connectivity index (χ4n) is 2.42. The van der Waals surface area contributed by atoms with Gasteiger partial charge in [-0.15, -0.1) is 24.0 Å². The number of fused-ring (bicyclic) bond motifs is 1. The van der Waals surface area contributed by atoms with Crippen LogP contribution < -0.4 is 25.4 Å². The first-order chi connectivity index (χ1) is 11.9. The lowest BCUT2D eigenvalue weighted by Gasteiger charge is -2.21. The minimum atomic E-state index is -0.242. The van der Waals surface area contributed by atoms with E-state index in [0.717, 1.165) is 23.5 Å². The summed E-state index contributed by atoms with van der Waals surface area (Å²) in [6.45, 7) is 7.91. The summed E-state index contributed by atoms with van der Waals surface area (Å²) in [4.78, 5) is 16.0. The summed E-state index contributed by atoms with van der Waals surface area (Å²) < 4.78 is 11.1. The minimum Gasteiger partial charge on any atom is -0.486 e. The Balaban J connectivity index is 0.00000338. The molecule has 0 bridgehead atoms. The van der Waals surface area contributed by atoms with Crippen LogP contribution in [-0.2, 0) is 11.2 Å². The largest absolute Gasteiger partial charge is 0.486 e. The quantitative estimate of drug-likeness (QED) is 0.343. The molecule has 8 heteroatoms. The summed E-state index contributed by atoms with van der Waals surface area (Å²) in [5.41, 5.74) is 0.909. The molecule has 0 spiro atoms. The van der Waals surface area contributed by atoms with E-state index >= 15 is 0 Å². The number of benzene rings is 1. The van der Waals surface area contributed by atoms with Crippen molar-refractivity contribution in [3.63, 3.8) is 0 Å². The predicted octanol–water partition coefficient (Wildman–Crippen LogP) is 1.70. The highest BCUT2D eigenvalue weighted by Gasteiger charge is 2.14. The summed E-state index contributed by atoms with van der Waals surface area (Å²) in [6.07, 6.45) is 0.811. The van der Waals surface area contributed by atoms with Crippen molar-refractivity contribution in [2.24, 2.45) is 4.99 Å². The molecule has 1 aromatic carbocycles. The van der Waals surface area contributed by atoms with E-state index in [2.05, 4.69) is 20.9 Å². The van der Waals surface area contributed by atoms with E-state index in [9.17, 15) is 4.79 Å². The molecule has 7 nitrogen and oxygen atoms in total. The highest BCUT2D eigenvalue weighted by molar-refractivity contribution is 14.0. The Kier molecular flexibility index (Phi) is 8.97. The van der Waals surface area contributed by atoms with Gasteiger partial charge in [0, 0.05) is 19.1 Å². The number of ether oxygens (including phenoxy) is 2. The maximum absolute atomic E-state index is 11.8. The van der Waals surface area contributed by atoms with Gasteiger partial charge in [-0.1, -0.05) is 6.07 Å². The van der Waals surface area contributed by atoms with Crippen molar-refractivity contribution >= 4 is 35.8 Å². The average Bonchev–Trinajstić information content (AvgIpc) is 2.56. The fraction of sp³-hybridized carbons (Fsp3) is 0.556. The molecule has 2 rings (SSSR count). The summed E-state index contributed by atoms with van der Waals surface area (Å²) in [5.74, 6) is 2.12. The Labute approximate surface area is 172 Å². The van der Waals surface area contributed by atoms with E-state index in [1.807, 2.05) is 39.0 Å². The number of hydrogen-bond donors (Lipinski definition) is 3. The molecule has 1 heterocycles. The maximum Gasteiger partial charge on any atom is 0.239 e. The predicted molar refractivity (Wildman–Crippen MR) is 114 cm³/mol. The van der Waals surface area contributed by atoms with Crippen LogP contribution in [0.4, 0.5) is 0 Å². The molecular weight excluding hydrogens is 447 g/mol. The number of amides is 1. The molecule has 0 unspecified atom stereocenters. The van der Waals surface area contributed by atoms with Crippen LogP contribution in [-0.4, -0.2) is 50.8 Å². The van der Waals surface area contributed by atoms with Crippen LogP contribution in [0.2, 0.25) is 0 Å². The first-order valence-electron chi connectivity index (χ1n) is 8.51. The number of hydrogen-bond acceptors (Lipinski definition) is 4. The Morgan fingerprint density at radius 3 is 2.50 bits per heavy atom. The van der Waals surface area contributed by atoms with Gasteiger partial charge >= 0.3 is 0 Å². The lowest BCUT2D eigenvalue weighted by molar-refractivity contribution is -0.121. The molecule has 0 aromatic heterocycles. The number of carbonyl (C=O) groups is 1. The maximum atomic E-state index is 11.8. The molecule has 0 fully saturated rings. The molecule has 146 valence electrons. The summed E-state index contributed by atoms with van der Waals surface area (Å²) in [7, 11) is 1.68. The van der Waals surface area contributed by atoms with Gasteiger partial charge in [0.2, 0.25) is 5.91 Å². The molecular formula is C18H29IN4O3. The second-order valence-corrected chi connectivity index (χ2v) is 6.88. The third-order valence-corrected chi connectivity index (χ3v) is 3.47. The number of guanidine groups is 1. The van der Waals surface area contributed by atoms with Crippen LogP contribution in [0.5, 0.6) is 11.5 Å². The van der Waals surface area contributed by atoms with Crippen molar-refractivity contribution < 1.29 is 14.3 Å². The molecule has 0 saturated carbocycles. The Bertz CT molecular complexity index is 629. The van der Waals surface area contributed by atoms with Crippen molar-refractivity contribution in [1.29, 1.82) is 0 Å². The molecule has 1 aliphatic heterocycles. The van der Waals surface area contributed by atoms with Gasteiger partial charge in [0.25, 0.3) is 0 Å². The Hall–Kier alpha value is -1.71. The van der Waals surface area contributed by atoms with E-state index in [1.54, 1.807) is 7.05 Å². The highest BCUT2D eigenvalue weighted by atomic mass is 127. The number of carbonyl (C=O) groups excluding carboxylic acids is 1. The van der Waals surface area contributed by atoms with Gasteiger partial charge in [-0.25, -0.2) is 0 Å². The van der Waals surface area contributed by atoms with E-state index in [0.29, 0.717) is 25.7 Å². The van der Waals surface area contributed by atoms with Crippen LogP contribution >= 0.6 is 24.0 Å². The summed E-state index contributed by atoms with van der Waals surface area (Å²) >= 11 is 0. The number of nitrogens with zero attached hydrogens (tertiary/aromatic N) is 1. The zero-order valence-electron chi connectivity index (χ0n) is 15.8. The number of rotatable bonds is 5. The van der Waals surface area contributed by atoms with Crippen molar-refractivity contribution in [1.82, 2.24) is 16.0 Å². The van der Waals surface area contributed by atoms with E-state index in [1.165, 1.54) is 0 Å². The zero-order valence-corrected chi connectivity index (χ0v) is 18.2. The monoisotopic (exact) mass is 476 g/mol. The molecule has 3 N–H and O–H groups in total. The van der Waals surface area contributed by atoms with Crippen LogP contribution in [0.1, 0.15) is 26.3 Å². The second-order valence-electron chi connectivity index (χ2n) is 6.88. The summed E-state index contributed by atoms with van der Waals surface area (Å²) in [6, 6.07) is 5.97. The van der Waals surface area contributed by atoms with Gasteiger partial charge in [-0.05, 0) is 44.9 Å². The normalized spacial score (nSPS) is 13.5. The molecule has 1 aliphatic rings. The van der Waals surface area contributed by atoms with Crippen molar-refractivity contribution in [2.45, 2.75) is 32.7 Å². The van der Waals surface area contributed by atoms with Crippen molar-refractivity contribution in [2.75, 3.05) is 33.4 Å². The molecule has 0 atom stereocenters. The SMILES string of the molecule is CN=C(NCCc1ccc2c(c1)OCCO2)NCC(=O)NC(C)(C)C.I. The van der Waals surface area contributed by atoms with Crippen LogP contribution in [0.3, 0.4) is 0 Å². The minimum absolute atomic E-state index is 0. The van der Waals surface area contributed by atoms with Gasteiger partial charge in [-0.3, -0.25) is 9.79 Å². The van der Waals surface area contributed by atoms with E-state index in [-0.39, 0.29) is 42.0 Å².